The van der Waals surface area contributed by atoms with Gasteiger partial charge in [-0.25, -0.2) is 0 Å². The Morgan fingerprint density at radius 1 is 0.913 bits per heavy atom. The summed E-state index contributed by atoms with van der Waals surface area (Å²) in [6.07, 6.45) is 3.52. The third kappa shape index (κ3) is 6.25. The van der Waals surface area contributed by atoms with Gasteiger partial charge in [0.25, 0.3) is 0 Å². The van der Waals surface area contributed by atoms with Crippen LogP contribution in [0.2, 0.25) is 0 Å². The van der Waals surface area contributed by atoms with Gasteiger partial charge in [0.2, 0.25) is 0 Å². The predicted octanol–water partition coefficient (Wildman–Crippen LogP) is 5.03. The number of nitrogens with one attached hydrogen (secondary N) is 1. The molecule has 0 saturated heterocycles. The zero-order valence-electron chi connectivity index (χ0n) is 14.1. The highest BCUT2D eigenvalue weighted by atomic mass is 35.5. The first-order chi connectivity index (χ1) is 10.8. The fourth-order valence-corrected chi connectivity index (χ4v) is 2.65. The lowest BCUT2D eigenvalue weighted by atomic mass is 9.92. The van der Waals surface area contributed by atoms with Crippen LogP contribution in [-0.2, 0) is 0 Å². The summed E-state index contributed by atoms with van der Waals surface area (Å²) in [6, 6.07) is 19.0. The predicted molar refractivity (Wildman–Crippen MR) is 101 cm³/mol. The highest BCUT2D eigenvalue weighted by Gasteiger charge is 2.12. The van der Waals surface area contributed by atoms with Crippen molar-refractivity contribution in [3.05, 3.63) is 65.7 Å². The number of hydrogen-bond donors (Lipinski definition) is 1. The largest absolute Gasteiger partial charge is 0.493 e. The van der Waals surface area contributed by atoms with Crippen LogP contribution < -0.4 is 10.1 Å². The van der Waals surface area contributed by atoms with Gasteiger partial charge in [-0.1, -0.05) is 55.5 Å². The molecule has 0 spiro atoms. The van der Waals surface area contributed by atoms with Crippen molar-refractivity contribution in [3.63, 3.8) is 0 Å². The van der Waals surface area contributed by atoms with Crippen molar-refractivity contribution in [3.8, 4) is 5.75 Å². The molecule has 0 bridgehead atoms. The van der Waals surface area contributed by atoms with Gasteiger partial charge in [0.05, 0.1) is 6.61 Å². The third-order valence-electron chi connectivity index (χ3n) is 4.01. The zero-order valence-corrected chi connectivity index (χ0v) is 14.9. The molecule has 23 heavy (non-hydrogen) atoms. The maximum absolute atomic E-state index is 6.04. The van der Waals surface area contributed by atoms with Gasteiger partial charge in [0.1, 0.15) is 5.75 Å². The molecule has 3 heteroatoms. The number of hydrogen-bond acceptors (Lipinski definition) is 2. The number of benzene rings is 2. The Morgan fingerprint density at radius 3 is 2.35 bits per heavy atom. The Bertz CT molecular complexity index is 544. The van der Waals surface area contributed by atoms with Gasteiger partial charge in [0, 0.05) is 11.5 Å². The molecule has 0 aliphatic rings. The molecule has 0 aliphatic carbocycles. The van der Waals surface area contributed by atoms with Crippen LogP contribution in [0.25, 0.3) is 0 Å². The summed E-state index contributed by atoms with van der Waals surface area (Å²) in [5.74, 6) is 1.37. The Hall–Kier alpha value is -1.51. The van der Waals surface area contributed by atoms with Crippen LogP contribution in [-0.4, -0.2) is 20.2 Å². The van der Waals surface area contributed by atoms with Crippen molar-refractivity contribution in [1.29, 1.82) is 0 Å². The normalized spacial score (nSPS) is 11.6. The molecular weight excluding hydrogens is 306 g/mol. The summed E-state index contributed by atoms with van der Waals surface area (Å²) in [5.41, 5.74) is 2.59. The summed E-state index contributed by atoms with van der Waals surface area (Å²) in [6.45, 7) is 4.12. The van der Waals surface area contributed by atoms with Crippen molar-refractivity contribution >= 4 is 12.4 Å². The van der Waals surface area contributed by atoms with E-state index in [9.17, 15) is 0 Å². The minimum Gasteiger partial charge on any atom is -0.493 e. The van der Waals surface area contributed by atoms with E-state index < -0.39 is 0 Å². The first kappa shape index (κ1) is 19.5. The van der Waals surface area contributed by atoms with Gasteiger partial charge in [0.15, 0.2) is 0 Å². The SMILES string of the molecule is CNCCCCCOc1ccccc1C(C)c1ccccc1.Cl. The highest BCUT2D eigenvalue weighted by molar-refractivity contribution is 5.85. The van der Waals surface area contributed by atoms with Crippen LogP contribution in [0.5, 0.6) is 5.75 Å². The maximum Gasteiger partial charge on any atom is 0.123 e. The fraction of sp³-hybridized carbons (Fsp3) is 0.400. The summed E-state index contributed by atoms with van der Waals surface area (Å²) < 4.78 is 6.04. The summed E-state index contributed by atoms with van der Waals surface area (Å²) in [7, 11) is 2.00. The molecule has 0 heterocycles. The molecule has 2 aromatic carbocycles. The first-order valence-corrected chi connectivity index (χ1v) is 8.24. The lowest BCUT2D eigenvalue weighted by molar-refractivity contribution is 0.301. The Labute approximate surface area is 146 Å². The van der Waals surface area contributed by atoms with Crippen LogP contribution >= 0.6 is 12.4 Å². The maximum atomic E-state index is 6.04. The monoisotopic (exact) mass is 333 g/mol. The van der Waals surface area contributed by atoms with Crippen LogP contribution in [0.1, 0.15) is 43.2 Å². The molecule has 0 fully saturated rings. The Morgan fingerprint density at radius 2 is 1.61 bits per heavy atom. The molecule has 1 unspecified atom stereocenters. The van der Waals surface area contributed by atoms with E-state index in [4.69, 9.17) is 4.74 Å². The van der Waals surface area contributed by atoms with Crippen molar-refractivity contribution in [1.82, 2.24) is 5.32 Å². The molecule has 0 aliphatic heterocycles. The summed E-state index contributed by atoms with van der Waals surface area (Å²) >= 11 is 0. The molecule has 0 aromatic heterocycles. The van der Waals surface area contributed by atoms with Crippen molar-refractivity contribution in [2.75, 3.05) is 20.2 Å². The lowest BCUT2D eigenvalue weighted by Crippen LogP contribution is -2.08. The fourth-order valence-electron chi connectivity index (χ4n) is 2.65. The van der Waals surface area contributed by atoms with Crippen molar-refractivity contribution in [2.45, 2.75) is 32.1 Å². The van der Waals surface area contributed by atoms with Gasteiger partial charge in [-0.2, -0.15) is 0 Å². The second-order valence-corrected chi connectivity index (χ2v) is 5.68. The van der Waals surface area contributed by atoms with Crippen molar-refractivity contribution < 1.29 is 4.74 Å². The van der Waals surface area contributed by atoms with E-state index in [0.717, 1.165) is 25.3 Å². The van der Waals surface area contributed by atoms with Gasteiger partial charge in [-0.3, -0.25) is 0 Å². The molecule has 126 valence electrons. The molecular formula is C20H28ClNO. The van der Waals surface area contributed by atoms with Gasteiger partial charge in [-0.05, 0) is 44.5 Å². The van der Waals surface area contributed by atoms with Crippen LogP contribution in [0.3, 0.4) is 0 Å². The highest BCUT2D eigenvalue weighted by Crippen LogP contribution is 2.31. The van der Waals surface area contributed by atoms with Crippen LogP contribution in [0.15, 0.2) is 54.6 Å². The van der Waals surface area contributed by atoms with E-state index in [2.05, 4.69) is 66.8 Å². The minimum absolute atomic E-state index is 0. The number of unbranched alkanes of at least 4 members (excludes halogenated alkanes) is 2. The number of para-hydroxylation sites is 1. The van der Waals surface area contributed by atoms with Gasteiger partial charge >= 0.3 is 0 Å². The summed E-state index contributed by atoms with van der Waals surface area (Å²) in [4.78, 5) is 0. The van der Waals surface area contributed by atoms with E-state index in [1.54, 1.807) is 0 Å². The molecule has 2 nitrogen and oxygen atoms in total. The molecule has 0 radical (unpaired) electrons. The molecule has 1 N–H and O–H groups in total. The first-order valence-electron chi connectivity index (χ1n) is 8.24. The molecule has 0 amide bonds. The van der Waals surface area contributed by atoms with Gasteiger partial charge in [-0.15, -0.1) is 12.4 Å². The van der Waals surface area contributed by atoms with E-state index in [0.29, 0.717) is 5.92 Å². The summed E-state index contributed by atoms with van der Waals surface area (Å²) in [5, 5.41) is 3.18. The third-order valence-corrected chi connectivity index (χ3v) is 4.01. The average molecular weight is 334 g/mol. The number of ether oxygens (including phenoxy) is 1. The zero-order chi connectivity index (χ0) is 15.6. The lowest BCUT2D eigenvalue weighted by Gasteiger charge is -2.17. The Kier molecular flexibility index (Phi) is 9.42. The topological polar surface area (TPSA) is 21.3 Å². The molecule has 0 saturated carbocycles. The van der Waals surface area contributed by atoms with Crippen LogP contribution in [0, 0.1) is 0 Å². The quantitative estimate of drug-likeness (QED) is 0.650. The molecule has 1 atom stereocenters. The smallest absolute Gasteiger partial charge is 0.123 e. The number of rotatable bonds is 9. The van der Waals surface area contributed by atoms with E-state index >= 15 is 0 Å². The number of halogens is 1. The van der Waals surface area contributed by atoms with E-state index in [1.807, 2.05) is 7.05 Å². The standard InChI is InChI=1S/C20H27NO.ClH/c1-17(18-11-5-3-6-12-18)19-13-7-8-14-20(19)22-16-10-4-9-15-21-2;/h3,5-8,11-14,17,21H,4,9-10,15-16H2,1-2H3;1H. The average Bonchev–Trinajstić information content (AvgIpc) is 2.58. The van der Waals surface area contributed by atoms with Crippen molar-refractivity contribution in [2.24, 2.45) is 0 Å². The molecule has 2 aromatic rings. The van der Waals surface area contributed by atoms with Gasteiger partial charge < -0.3 is 10.1 Å². The Balaban J connectivity index is 0.00000264. The second kappa shape index (κ2) is 11.1. The molecule has 2 rings (SSSR count). The second-order valence-electron chi connectivity index (χ2n) is 5.68. The van der Waals surface area contributed by atoms with Crippen LogP contribution in [0.4, 0.5) is 0 Å². The van der Waals surface area contributed by atoms with E-state index in [-0.39, 0.29) is 12.4 Å². The van der Waals surface area contributed by atoms with E-state index in [1.165, 1.54) is 24.0 Å². The minimum atomic E-state index is 0.